The molecule has 4 aromatic heterocycles. The summed E-state index contributed by atoms with van der Waals surface area (Å²) >= 11 is 0. The van der Waals surface area contributed by atoms with Crippen LogP contribution in [0.15, 0.2) is 140 Å². The Hall–Kier alpha value is -10.6. The van der Waals surface area contributed by atoms with Crippen molar-refractivity contribution >= 4 is 80.2 Å². The first-order chi connectivity index (χ1) is 59.9. The fourth-order valence-corrected chi connectivity index (χ4v) is 22.8. The van der Waals surface area contributed by atoms with Crippen molar-refractivity contribution in [1.29, 1.82) is 0 Å². The molecule has 6 heterocycles. The highest BCUT2D eigenvalue weighted by atomic mass is 16.6. The van der Waals surface area contributed by atoms with E-state index in [1.165, 1.54) is 89.0 Å². The van der Waals surface area contributed by atoms with Crippen molar-refractivity contribution in [2.75, 3.05) is 114 Å². The summed E-state index contributed by atoms with van der Waals surface area (Å²) in [5.74, 6) is 16.1. The second-order valence-electron chi connectivity index (χ2n) is 36.2. The number of aromatic nitrogens is 8. The van der Waals surface area contributed by atoms with Crippen LogP contribution in [-0.2, 0) is 33.6 Å². The number of benzene rings is 4. The number of rotatable bonds is 29. The monoisotopic (exact) mass is 1670 g/mol. The van der Waals surface area contributed by atoms with Crippen molar-refractivity contribution in [3.05, 3.63) is 135 Å². The average Bonchev–Trinajstić information content (AvgIpc) is 1.74. The largest absolute Gasteiger partial charge is 0.455 e. The molecule has 8 aromatic rings. The molecule has 0 spiro atoms. The van der Waals surface area contributed by atoms with Gasteiger partial charge >= 0.3 is 0 Å². The number of Topliss-reactive ketones (excluding diaryl/α,β-unsaturated/α-hetero) is 1. The van der Waals surface area contributed by atoms with Gasteiger partial charge in [0, 0.05) is 101 Å². The molecule has 0 unspecified atom stereocenters. The van der Waals surface area contributed by atoms with E-state index in [-0.39, 0.29) is 41.5 Å². The van der Waals surface area contributed by atoms with Gasteiger partial charge in [-0.05, 0) is 261 Å². The van der Waals surface area contributed by atoms with Crippen LogP contribution in [0.3, 0.4) is 0 Å². The molecule has 12 aliphatic rings. The van der Waals surface area contributed by atoms with Crippen molar-refractivity contribution in [2.24, 2.45) is 70.2 Å². The van der Waals surface area contributed by atoms with Crippen LogP contribution in [-0.4, -0.2) is 198 Å². The first-order valence-electron chi connectivity index (χ1n) is 44.9. The van der Waals surface area contributed by atoms with E-state index in [0.29, 0.717) is 143 Å². The van der Waals surface area contributed by atoms with Crippen molar-refractivity contribution in [3.8, 4) is 45.5 Å². The number of ether oxygens (including phenoxy) is 2. The lowest BCUT2D eigenvalue weighted by molar-refractivity contribution is -0.127. The van der Waals surface area contributed by atoms with E-state index in [1.807, 2.05) is 113 Å². The number of nitrogens with two attached hydrogens (primary N) is 3. The predicted octanol–water partition coefficient (Wildman–Crippen LogP) is 13.2. The lowest BCUT2D eigenvalue weighted by Crippen LogP contribution is -2.52. The predicted molar refractivity (Wildman–Crippen MR) is 476 cm³/mol. The summed E-state index contributed by atoms with van der Waals surface area (Å²) < 4.78 is 16.3. The highest BCUT2D eigenvalue weighted by Gasteiger charge is 2.50. The number of carbonyl (C=O) groups is 5. The van der Waals surface area contributed by atoms with Crippen molar-refractivity contribution in [2.45, 2.75) is 166 Å². The Morgan fingerprint density at radius 2 is 0.878 bits per heavy atom. The van der Waals surface area contributed by atoms with Crippen LogP contribution in [0, 0.1) is 59.2 Å². The minimum Gasteiger partial charge on any atom is -0.455 e. The Bertz CT molecular complexity index is 4990. The van der Waals surface area contributed by atoms with Crippen LogP contribution in [0.4, 0.5) is 23.0 Å². The number of hydrogen-bond donors (Lipinski definition) is 7. The van der Waals surface area contributed by atoms with Gasteiger partial charge < -0.3 is 51.9 Å². The maximum Gasteiger partial charge on any atom is 0.247 e. The van der Waals surface area contributed by atoms with E-state index in [0.717, 1.165) is 181 Å². The van der Waals surface area contributed by atoms with Crippen LogP contribution < -0.4 is 48.1 Å². The molecule has 8 bridgehead atoms. The average molecular weight is 1680 g/mol. The van der Waals surface area contributed by atoms with E-state index in [4.69, 9.17) is 41.9 Å². The van der Waals surface area contributed by atoms with Gasteiger partial charge in [0.05, 0.1) is 59.6 Å². The number of carbonyl (C=O) groups excluding carboxylic acids is 5. The number of piperazine rings is 2. The fourth-order valence-electron chi connectivity index (χ4n) is 22.8. The van der Waals surface area contributed by atoms with Gasteiger partial charge in [-0.2, -0.15) is 10.2 Å². The summed E-state index contributed by atoms with van der Waals surface area (Å²) in [5.41, 5.74) is 19.1. The molecule has 2 aliphatic heterocycles. The van der Waals surface area contributed by atoms with Crippen LogP contribution in [0.5, 0.6) is 23.0 Å². The smallest absolute Gasteiger partial charge is 0.247 e. The molecule has 0 atom stereocenters. The number of fused-ring (bicyclic) bond motifs is 2. The number of para-hydroxylation sites is 2. The zero-order valence-electron chi connectivity index (χ0n) is 71.3. The molecule has 652 valence electrons. The zero-order valence-corrected chi connectivity index (χ0v) is 71.3. The number of nitrogens with one attached hydrogen (secondary N) is 4. The summed E-state index contributed by atoms with van der Waals surface area (Å²) in [6.07, 6.45) is 28.9. The van der Waals surface area contributed by atoms with Gasteiger partial charge in [0.25, 0.3) is 0 Å². The Morgan fingerprint density at radius 1 is 0.488 bits per heavy atom. The molecule has 29 heteroatoms. The Balaban J connectivity index is 0.000000156. The Labute approximate surface area is 720 Å². The number of amides is 4. The molecule has 4 amide bonds. The summed E-state index contributed by atoms with van der Waals surface area (Å²) in [5, 5.41) is 27.7. The SMILES string of the molecule is C=CC(=O)Nc1cc(-c2nn(C3CCC(N4CCN(C/C(C)=N/OCCNC(=O)CC5C6CC7CC(C6)CC5C7)CC4)CC3)c3ncnc(N)c23)ccc1Oc1ccccc1.C=CC(=O)Nc1cc(-c2nn(C3CCC(N4CCN(CC(C)=O)CC4)CC3)c3ncnc(N)c23)ccc1Oc1ccccc1.NOCCNC(=O)CC1C2CC3CC(C2)CC1C3. The lowest BCUT2D eigenvalue weighted by Gasteiger charge is -2.54. The molecule has 29 nitrogen and oxygen atoms in total. The van der Waals surface area contributed by atoms with Crippen LogP contribution in [0.25, 0.3) is 44.6 Å². The third-order valence-electron chi connectivity index (χ3n) is 28.1. The fraction of sp³-hybridized carbons (Fsp3) is 0.532. The number of nitrogen functional groups attached to an aromatic ring is 2. The minimum atomic E-state index is -0.352. The van der Waals surface area contributed by atoms with E-state index < -0.39 is 0 Å². The van der Waals surface area contributed by atoms with Gasteiger partial charge in [0.15, 0.2) is 22.8 Å². The van der Waals surface area contributed by atoms with Crippen molar-refractivity contribution < 1.29 is 43.1 Å². The summed E-state index contributed by atoms with van der Waals surface area (Å²) in [4.78, 5) is 99.0. The highest BCUT2D eigenvalue weighted by molar-refractivity contribution is 6.04. The van der Waals surface area contributed by atoms with E-state index in [2.05, 4.69) is 84.0 Å². The molecule has 10 aliphatic carbocycles. The maximum absolute atomic E-state index is 12.8. The first kappa shape index (κ1) is 86.0. The van der Waals surface area contributed by atoms with Gasteiger partial charge in [0.1, 0.15) is 59.6 Å². The molecule has 10 saturated carbocycles. The van der Waals surface area contributed by atoms with Crippen LogP contribution >= 0.6 is 0 Å². The molecule has 10 N–H and O–H groups in total. The van der Waals surface area contributed by atoms with Gasteiger partial charge in [-0.1, -0.05) is 54.7 Å². The molecule has 0 radical (unpaired) electrons. The highest BCUT2D eigenvalue weighted by Crippen LogP contribution is 2.59. The third kappa shape index (κ3) is 20.9. The number of ketones is 1. The maximum atomic E-state index is 12.8. The van der Waals surface area contributed by atoms with Gasteiger partial charge in [0.2, 0.25) is 23.6 Å². The number of hydrogen-bond acceptors (Lipinski definition) is 23. The summed E-state index contributed by atoms with van der Waals surface area (Å²) in [6.45, 7) is 21.9. The summed E-state index contributed by atoms with van der Waals surface area (Å²) in [7, 11) is 0. The van der Waals surface area contributed by atoms with Crippen LogP contribution in [0.2, 0.25) is 0 Å². The number of nitrogens with zero attached hydrogens (tertiary/aromatic N) is 13. The first-order valence-corrected chi connectivity index (χ1v) is 44.9. The van der Waals surface area contributed by atoms with Crippen molar-refractivity contribution in [3.63, 3.8) is 0 Å². The Kier molecular flexibility index (Phi) is 27.9. The third-order valence-corrected chi connectivity index (χ3v) is 28.1. The number of oxime groups is 1. The normalized spacial score (nSPS) is 26.2. The molecule has 12 fully saturated rings. The van der Waals surface area contributed by atoms with Crippen LogP contribution in [0.1, 0.15) is 154 Å². The van der Waals surface area contributed by atoms with E-state index >= 15 is 0 Å². The standard InChI is InChI=1S/C47H60N10O4.C33H38N8O3.C14H24N2O2/c1-3-42(58)52-40-26-33(9-14-41(40)61-38-7-5-4-6-8-38)45-44-46(48)50-29-51-47(44)57(53-45)37-12-10-36(11-13-37)56-18-16-55(17-19-56)28-30(2)54-60-20-15-49-43(59)27-39-34-22-31-21-32(24-34)25-35(39)23-31;1-3-29(43)37-27-19-23(9-14-28(27)44-26-7-5-4-6-8-26)31-30-32(34)35-21-36-33(30)41(38-31)25-12-10-24(11-13-25)40-17-15-39(16-18-40)20-22(2)42;15-18-2-1-16-14(17)8-13-11-4-9-3-10(6-11)7-12(13)5-9/h3-9,14,26,29,31-32,34-37,39H,1,10-13,15-25,27-28H2,2H3,(H,49,59)(H,52,58)(H2,48,50,51);3-9,14,19,21,24-25H,1,10-13,15-18,20H2,2H3,(H,37,43)(H2,34,35,36);9-13H,1-8,15H2,(H,16,17)/b54-30+;;. The summed E-state index contributed by atoms with van der Waals surface area (Å²) in [6, 6.07) is 31.3. The second-order valence-corrected chi connectivity index (χ2v) is 36.2. The minimum absolute atomic E-state index is 0.165. The molecular formula is C94H122N20O9. The second kappa shape index (κ2) is 40.0. The topological polar surface area (TPSA) is 361 Å². The molecule has 4 aromatic carbocycles. The quantitative estimate of drug-likeness (QED) is 0.00991. The number of anilines is 4. The molecule has 20 rings (SSSR count). The molecule has 123 heavy (non-hydrogen) atoms. The van der Waals surface area contributed by atoms with Gasteiger partial charge in [-0.3, -0.25) is 43.6 Å². The van der Waals surface area contributed by atoms with Gasteiger partial charge in [-0.25, -0.2) is 35.2 Å². The zero-order chi connectivity index (χ0) is 85.0. The molecule has 2 saturated heterocycles. The van der Waals surface area contributed by atoms with E-state index in [9.17, 15) is 24.0 Å². The van der Waals surface area contributed by atoms with E-state index in [1.54, 1.807) is 6.92 Å². The van der Waals surface area contributed by atoms with Gasteiger partial charge in [-0.15, -0.1) is 0 Å². The lowest BCUT2D eigenvalue weighted by atomic mass is 9.51. The Morgan fingerprint density at radius 3 is 1.27 bits per heavy atom. The van der Waals surface area contributed by atoms with Crippen molar-refractivity contribution in [1.82, 2.24) is 69.7 Å². The molecular weight excluding hydrogens is 1550 g/mol.